The highest BCUT2D eigenvalue weighted by Crippen LogP contribution is 2.08. The Balaban J connectivity index is 2.63. The number of furan rings is 1. The van der Waals surface area contributed by atoms with E-state index in [9.17, 15) is 4.79 Å². The van der Waals surface area contributed by atoms with Crippen molar-refractivity contribution in [2.24, 2.45) is 0 Å². The lowest BCUT2D eigenvalue weighted by molar-refractivity contribution is -0.107. The molecule has 0 saturated heterocycles. The standard InChI is InChI=1S/C10H14O4/c1-3-13-10(14-4-2)9(11)8-5-6-12-7-8/h5-7,10H,3-4H2,1-2H3. The van der Waals surface area contributed by atoms with Gasteiger partial charge in [-0.05, 0) is 19.9 Å². The summed E-state index contributed by atoms with van der Waals surface area (Å²) in [7, 11) is 0. The summed E-state index contributed by atoms with van der Waals surface area (Å²) in [6, 6.07) is 1.59. The molecule has 0 N–H and O–H groups in total. The smallest absolute Gasteiger partial charge is 0.222 e. The van der Waals surface area contributed by atoms with E-state index in [1.165, 1.54) is 12.5 Å². The second-order valence-corrected chi connectivity index (χ2v) is 2.62. The van der Waals surface area contributed by atoms with Gasteiger partial charge in [-0.3, -0.25) is 4.79 Å². The predicted octanol–water partition coefficient (Wildman–Crippen LogP) is 1.86. The molecule has 78 valence electrons. The average Bonchev–Trinajstić information content (AvgIpc) is 2.69. The number of ether oxygens (including phenoxy) is 2. The van der Waals surface area contributed by atoms with E-state index in [2.05, 4.69) is 0 Å². The Labute approximate surface area is 82.8 Å². The minimum Gasteiger partial charge on any atom is -0.472 e. The van der Waals surface area contributed by atoms with Crippen LogP contribution in [0.25, 0.3) is 0 Å². The number of carbonyl (C=O) groups excluding carboxylic acids is 1. The van der Waals surface area contributed by atoms with Crippen molar-refractivity contribution in [3.05, 3.63) is 24.2 Å². The summed E-state index contributed by atoms with van der Waals surface area (Å²) in [5.41, 5.74) is 0.469. The highest BCUT2D eigenvalue weighted by atomic mass is 16.7. The van der Waals surface area contributed by atoms with Crippen molar-refractivity contribution >= 4 is 5.78 Å². The van der Waals surface area contributed by atoms with Crippen molar-refractivity contribution in [3.63, 3.8) is 0 Å². The van der Waals surface area contributed by atoms with Crippen molar-refractivity contribution < 1.29 is 18.7 Å². The van der Waals surface area contributed by atoms with Crippen LogP contribution in [-0.4, -0.2) is 25.3 Å². The Bertz CT molecular complexity index is 260. The Morgan fingerprint density at radius 3 is 2.50 bits per heavy atom. The zero-order valence-electron chi connectivity index (χ0n) is 8.36. The Morgan fingerprint density at radius 1 is 1.43 bits per heavy atom. The first-order chi connectivity index (χ1) is 6.79. The van der Waals surface area contributed by atoms with Gasteiger partial charge in [0.2, 0.25) is 12.1 Å². The Hall–Kier alpha value is -1.13. The van der Waals surface area contributed by atoms with E-state index >= 15 is 0 Å². The fraction of sp³-hybridized carbons (Fsp3) is 0.500. The number of rotatable bonds is 6. The van der Waals surface area contributed by atoms with Gasteiger partial charge in [0, 0.05) is 13.2 Å². The summed E-state index contributed by atoms with van der Waals surface area (Å²) in [5.74, 6) is -0.206. The summed E-state index contributed by atoms with van der Waals surface area (Å²) >= 11 is 0. The van der Waals surface area contributed by atoms with Crippen molar-refractivity contribution in [1.29, 1.82) is 0 Å². The molecular formula is C10H14O4. The molecule has 4 nitrogen and oxygen atoms in total. The van der Waals surface area contributed by atoms with Gasteiger partial charge in [0.1, 0.15) is 6.26 Å². The first kappa shape index (κ1) is 10.9. The van der Waals surface area contributed by atoms with E-state index in [0.717, 1.165) is 0 Å². The largest absolute Gasteiger partial charge is 0.472 e. The SMILES string of the molecule is CCOC(OCC)C(=O)c1ccoc1. The van der Waals surface area contributed by atoms with Gasteiger partial charge in [-0.2, -0.15) is 0 Å². The van der Waals surface area contributed by atoms with Gasteiger partial charge in [0.25, 0.3) is 0 Å². The minimum atomic E-state index is -0.817. The van der Waals surface area contributed by atoms with Gasteiger partial charge >= 0.3 is 0 Å². The summed E-state index contributed by atoms with van der Waals surface area (Å²) in [5, 5.41) is 0. The molecule has 0 amide bonds. The van der Waals surface area contributed by atoms with Crippen molar-refractivity contribution in [3.8, 4) is 0 Å². The molecule has 0 bridgehead atoms. The molecule has 14 heavy (non-hydrogen) atoms. The third kappa shape index (κ3) is 2.68. The normalized spacial score (nSPS) is 10.8. The van der Waals surface area contributed by atoms with Crippen molar-refractivity contribution in [2.75, 3.05) is 13.2 Å². The third-order valence-electron chi connectivity index (χ3n) is 1.66. The van der Waals surface area contributed by atoms with E-state index in [4.69, 9.17) is 13.9 Å². The van der Waals surface area contributed by atoms with E-state index in [-0.39, 0.29) is 5.78 Å². The second-order valence-electron chi connectivity index (χ2n) is 2.62. The molecule has 0 aromatic carbocycles. The van der Waals surface area contributed by atoms with Gasteiger partial charge in [-0.1, -0.05) is 0 Å². The summed E-state index contributed by atoms with van der Waals surface area (Å²) in [6.07, 6.45) is 2.01. The highest BCUT2D eigenvalue weighted by molar-refractivity contribution is 5.98. The number of carbonyl (C=O) groups is 1. The van der Waals surface area contributed by atoms with Gasteiger partial charge in [-0.25, -0.2) is 0 Å². The molecule has 0 atom stereocenters. The molecule has 0 saturated carbocycles. The maximum atomic E-state index is 11.7. The lowest BCUT2D eigenvalue weighted by Gasteiger charge is -2.14. The van der Waals surface area contributed by atoms with Crippen LogP contribution in [-0.2, 0) is 9.47 Å². The molecule has 0 unspecified atom stereocenters. The second kappa shape index (κ2) is 5.57. The first-order valence-electron chi connectivity index (χ1n) is 4.59. The van der Waals surface area contributed by atoms with Crippen molar-refractivity contribution in [1.82, 2.24) is 0 Å². The van der Waals surface area contributed by atoms with E-state index in [0.29, 0.717) is 18.8 Å². The fourth-order valence-electron chi connectivity index (χ4n) is 1.04. The molecule has 0 aliphatic carbocycles. The Kier molecular flexibility index (Phi) is 4.35. The lowest BCUT2D eigenvalue weighted by atomic mass is 10.2. The topological polar surface area (TPSA) is 48.7 Å². The minimum absolute atomic E-state index is 0.206. The molecule has 1 rings (SSSR count). The van der Waals surface area contributed by atoms with Crippen LogP contribution in [0.3, 0.4) is 0 Å². The molecule has 4 heteroatoms. The zero-order valence-corrected chi connectivity index (χ0v) is 8.36. The van der Waals surface area contributed by atoms with Gasteiger partial charge < -0.3 is 13.9 Å². The van der Waals surface area contributed by atoms with Gasteiger partial charge in [0.15, 0.2) is 0 Å². The number of hydrogen-bond donors (Lipinski definition) is 0. The molecule has 1 heterocycles. The van der Waals surface area contributed by atoms with Crippen molar-refractivity contribution in [2.45, 2.75) is 20.1 Å². The average molecular weight is 198 g/mol. The maximum Gasteiger partial charge on any atom is 0.222 e. The summed E-state index contributed by atoms with van der Waals surface area (Å²) < 4.78 is 15.1. The van der Waals surface area contributed by atoms with E-state index in [1.807, 2.05) is 13.8 Å². The van der Waals surface area contributed by atoms with Crippen LogP contribution in [0.4, 0.5) is 0 Å². The predicted molar refractivity (Wildman–Crippen MR) is 50.1 cm³/mol. The van der Waals surface area contributed by atoms with Crippen LogP contribution < -0.4 is 0 Å². The summed E-state index contributed by atoms with van der Waals surface area (Å²) in [4.78, 5) is 11.7. The molecule has 0 radical (unpaired) electrons. The number of hydrogen-bond acceptors (Lipinski definition) is 4. The van der Waals surface area contributed by atoms with Gasteiger partial charge in [-0.15, -0.1) is 0 Å². The van der Waals surface area contributed by atoms with Gasteiger partial charge in [0.05, 0.1) is 11.8 Å². The lowest BCUT2D eigenvalue weighted by Crippen LogP contribution is -2.27. The zero-order chi connectivity index (χ0) is 10.4. The quantitative estimate of drug-likeness (QED) is 0.517. The van der Waals surface area contributed by atoms with E-state index in [1.54, 1.807) is 6.07 Å². The maximum absolute atomic E-state index is 11.7. The van der Waals surface area contributed by atoms with Crippen LogP contribution in [0.5, 0.6) is 0 Å². The highest BCUT2D eigenvalue weighted by Gasteiger charge is 2.21. The molecule has 1 aromatic heterocycles. The monoisotopic (exact) mass is 198 g/mol. The first-order valence-corrected chi connectivity index (χ1v) is 4.59. The third-order valence-corrected chi connectivity index (χ3v) is 1.66. The fourth-order valence-corrected chi connectivity index (χ4v) is 1.04. The molecule has 0 spiro atoms. The molecule has 0 aliphatic heterocycles. The molecule has 0 aliphatic rings. The number of ketones is 1. The Morgan fingerprint density at radius 2 is 2.07 bits per heavy atom. The van der Waals surface area contributed by atoms with E-state index < -0.39 is 6.29 Å². The van der Waals surface area contributed by atoms with Crippen LogP contribution in [0.15, 0.2) is 23.0 Å². The van der Waals surface area contributed by atoms with Crippen LogP contribution in [0, 0.1) is 0 Å². The van der Waals surface area contributed by atoms with Crippen LogP contribution >= 0.6 is 0 Å². The summed E-state index contributed by atoms with van der Waals surface area (Å²) in [6.45, 7) is 4.51. The van der Waals surface area contributed by atoms with Crippen LogP contribution in [0.1, 0.15) is 24.2 Å². The molecule has 1 aromatic rings. The number of Topliss-reactive ketones (excluding diaryl/α,β-unsaturated/α-hetero) is 1. The molecule has 0 fully saturated rings. The van der Waals surface area contributed by atoms with Crippen LogP contribution in [0.2, 0.25) is 0 Å². The molecular weight excluding hydrogens is 184 g/mol.